The van der Waals surface area contributed by atoms with Crippen LogP contribution in [0.1, 0.15) is 35.8 Å². The number of para-hydroxylation sites is 1. The van der Waals surface area contributed by atoms with Crippen LogP contribution >= 0.6 is 12.6 Å². The second-order valence-corrected chi connectivity index (χ2v) is 6.59. The first-order valence-electron chi connectivity index (χ1n) is 8.63. The molecule has 1 aliphatic rings. The summed E-state index contributed by atoms with van der Waals surface area (Å²) < 4.78 is 6.70. The fourth-order valence-corrected chi connectivity index (χ4v) is 3.52. The SMILES string of the molecule is COC(=O)CC[C@@H]1N=C(c2ccccc2)c2ccccc2-n2c(S)nnc21. The smallest absolute Gasteiger partial charge is 0.305 e. The third kappa shape index (κ3) is 3.26. The molecule has 2 aromatic carbocycles. The number of thiol groups is 1. The molecule has 27 heavy (non-hydrogen) atoms. The van der Waals surface area contributed by atoms with Crippen molar-refractivity contribution < 1.29 is 9.53 Å². The molecule has 0 saturated carbocycles. The van der Waals surface area contributed by atoms with E-state index in [-0.39, 0.29) is 18.4 Å². The summed E-state index contributed by atoms with van der Waals surface area (Å²) in [5.41, 5.74) is 3.76. The highest BCUT2D eigenvalue weighted by molar-refractivity contribution is 7.80. The molecule has 7 heteroatoms. The summed E-state index contributed by atoms with van der Waals surface area (Å²) in [7, 11) is 1.39. The molecule has 0 amide bonds. The third-order valence-corrected chi connectivity index (χ3v) is 4.84. The van der Waals surface area contributed by atoms with Gasteiger partial charge in [0.25, 0.3) is 0 Å². The van der Waals surface area contributed by atoms with E-state index in [0.717, 1.165) is 22.5 Å². The molecule has 0 bridgehead atoms. The van der Waals surface area contributed by atoms with Gasteiger partial charge >= 0.3 is 5.97 Å². The number of ether oxygens (including phenoxy) is 1. The van der Waals surface area contributed by atoms with Crippen molar-refractivity contribution in [1.82, 2.24) is 14.8 Å². The van der Waals surface area contributed by atoms with E-state index in [2.05, 4.69) is 22.8 Å². The zero-order chi connectivity index (χ0) is 18.8. The summed E-state index contributed by atoms with van der Waals surface area (Å²) in [4.78, 5) is 16.7. The lowest BCUT2D eigenvalue weighted by Crippen LogP contribution is -2.09. The van der Waals surface area contributed by atoms with E-state index in [1.54, 1.807) is 0 Å². The molecule has 1 atom stereocenters. The van der Waals surface area contributed by atoms with Gasteiger partial charge < -0.3 is 4.74 Å². The van der Waals surface area contributed by atoms with E-state index in [1.165, 1.54) is 7.11 Å². The fraction of sp³-hybridized carbons (Fsp3) is 0.200. The number of methoxy groups -OCH3 is 1. The number of carbonyl (C=O) groups excluding carboxylic acids is 1. The number of benzene rings is 2. The van der Waals surface area contributed by atoms with Crippen LogP contribution in [0.5, 0.6) is 0 Å². The summed E-state index contributed by atoms with van der Waals surface area (Å²) in [5.74, 6) is 0.396. The highest BCUT2D eigenvalue weighted by Crippen LogP contribution is 2.33. The summed E-state index contributed by atoms with van der Waals surface area (Å²) >= 11 is 4.49. The molecule has 136 valence electrons. The van der Waals surface area contributed by atoms with E-state index in [0.29, 0.717) is 17.4 Å². The molecule has 6 nitrogen and oxygen atoms in total. The standard InChI is InChI=1S/C20H18N4O2S/c1-26-17(25)12-11-15-19-22-23-20(27)24(19)16-10-6-5-9-14(16)18(21-15)13-7-3-2-4-8-13/h2-10,15H,11-12H2,1H3,(H,23,27)/t15-/m0/s1. The van der Waals surface area contributed by atoms with Crippen LogP contribution in [-0.2, 0) is 9.53 Å². The highest BCUT2D eigenvalue weighted by Gasteiger charge is 2.28. The van der Waals surface area contributed by atoms with Crippen molar-refractivity contribution in [1.29, 1.82) is 0 Å². The maximum atomic E-state index is 11.7. The normalized spacial score (nSPS) is 15.3. The first-order chi connectivity index (χ1) is 13.2. The van der Waals surface area contributed by atoms with Crippen molar-refractivity contribution in [3.63, 3.8) is 0 Å². The fourth-order valence-electron chi connectivity index (χ4n) is 3.26. The van der Waals surface area contributed by atoms with E-state index in [1.807, 2.05) is 59.2 Å². The zero-order valence-corrected chi connectivity index (χ0v) is 15.6. The van der Waals surface area contributed by atoms with Gasteiger partial charge in [0.2, 0.25) is 0 Å². The molecule has 0 fully saturated rings. The Morgan fingerprint density at radius 2 is 1.85 bits per heavy atom. The first kappa shape index (κ1) is 17.5. The molecule has 0 saturated heterocycles. The van der Waals surface area contributed by atoms with Gasteiger partial charge in [-0.05, 0) is 12.5 Å². The Labute approximate surface area is 162 Å². The maximum absolute atomic E-state index is 11.7. The summed E-state index contributed by atoms with van der Waals surface area (Å²) in [5, 5.41) is 8.92. The minimum absolute atomic E-state index is 0.248. The average Bonchev–Trinajstić information content (AvgIpc) is 3.03. The van der Waals surface area contributed by atoms with Crippen LogP contribution in [-0.4, -0.2) is 33.6 Å². The molecule has 4 rings (SSSR count). The topological polar surface area (TPSA) is 69.4 Å². The van der Waals surface area contributed by atoms with E-state index >= 15 is 0 Å². The number of carbonyl (C=O) groups is 1. The predicted octanol–water partition coefficient (Wildman–Crippen LogP) is 3.40. The monoisotopic (exact) mass is 378 g/mol. The maximum Gasteiger partial charge on any atom is 0.305 e. The van der Waals surface area contributed by atoms with Gasteiger partial charge in [-0.25, -0.2) is 0 Å². The van der Waals surface area contributed by atoms with Crippen LogP contribution in [0.2, 0.25) is 0 Å². The Balaban J connectivity index is 1.90. The Morgan fingerprint density at radius 1 is 1.11 bits per heavy atom. The number of fused-ring (bicyclic) bond motifs is 3. The predicted molar refractivity (Wildman–Crippen MR) is 105 cm³/mol. The van der Waals surface area contributed by atoms with Crippen molar-refractivity contribution in [2.24, 2.45) is 4.99 Å². The molecular formula is C20H18N4O2S. The van der Waals surface area contributed by atoms with Crippen LogP contribution in [0.3, 0.4) is 0 Å². The van der Waals surface area contributed by atoms with Gasteiger partial charge in [-0.1, -0.05) is 48.5 Å². The molecule has 0 aliphatic carbocycles. The Morgan fingerprint density at radius 3 is 2.63 bits per heavy atom. The van der Waals surface area contributed by atoms with E-state index < -0.39 is 0 Å². The summed E-state index contributed by atoms with van der Waals surface area (Å²) in [6, 6.07) is 17.6. The second-order valence-electron chi connectivity index (χ2n) is 6.19. The number of rotatable bonds is 4. The molecule has 0 spiro atoms. The van der Waals surface area contributed by atoms with Gasteiger partial charge in [-0.3, -0.25) is 14.4 Å². The first-order valence-corrected chi connectivity index (χ1v) is 9.08. The molecular weight excluding hydrogens is 360 g/mol. The Kier molecular flexibility index (Phi) is 4.77. The average molecular weight is 378 g/mol. The molecule has 1 aromatic heterocycles. The van der Waals surface area contributed by atoms with Crippen molar-refractivity contribution in [2.75, 3.05) is 7.11 Å². The molecule has 0 radical (unpaired) electrons. The number of aliphatic imine (C=N–C) groups is 1. The molecule has 2 heterocycles. The van der Waals surface area contributed by atoms with Gasteiger partial charge in [0, 0.05) is 17.5 Å². The number of aromatic nitrogens is 3. The van der Waals surface area contributed by atoms with Gasteiger partial charge in [-0.15, -0.1) is 22.8 Å². The van der Waals surface area contributed by atoms with Crippen LogP contribution in [0.4, 0.5) is 0 Å². The molecule has 1 aliphatic heterocycles. The lowest BCUT2D eigenvalue weighted by atomic mass is 10.0. The van der Waals surface area contributed by atoms with Crippen molar-refractivity contribution in [2.45, 2.75) is 24.0 Å². The van der Waals surface area contributed by atoms with Crippen molar-refractivity contribution >= 4 is 24.3 Å². The van der Waals surface area contributed by atoms with E-state index in [4.69, 9.17) is 9.73 Å². The van der Waals surface area contributed by atoms with Gasteiger partial charge in [0.15, 0.2) is 11.0 Å². The lowest BCUT2D eigenvalue weighted by Gasteiger charge is -2.11. The largest absolute Gasteiger partial charge is 0.469 e. The second kappa shape index (κ2) is 7.36. The minimum Gasteiger partial charge on any atom is -0.469 e. The Bertz CT molecular complexity index is 1010. The van der Waals surface area contributed by atoms with Crippen LogP contribution in [0.15, 0.2) is 64.7 Å². The molecule has 3 aromatic rings. The molecule has 0 unspecified atom stereocenters. The van der Waals surface area contributed by atoms with Gasteiger partial charge in [0.05, 0.1) is 18.5 Å². The minimum atomic E-state index is -0.333. The lowest BCUT2D eigenvalue weighted by molar-refractivity contribution is -0.140. The van der Waals surface area contributed by atoms with Gasteiger partial charge in [0.1, 0.15) is 6.04 Å². The third-order valence-electron chi connectivity index (χ3n) is 4.55. The number of hydrogen-bond acceptors (Lipinski definition) is 6. The summed E-state index contributed by atoms with van der Waals surface area (Å²) in [6.45, 7) is 0. The van der Waals surface area contributed by atoms with Crippen LogP contribution in [0.25, 0.3) is 5.69 Å². The zero-order valence-electron chi connectivity index (χ0n) is 14.7. The van der Waals surface area contributed by atoms with Crippen LogP contribution < -0.4 is 0 Å². The van der Waals surface area contributed by atoms with Gasteiger partial charge in [-0.2, -0.15) is 0 Å². The van der Waals surface area contributed by atoms with Crippen molar-refractivity contribution in [3.05, 3.63) is 71.5 Å². The number of hydrogen-bond donors (Lipinski definition) is 1. The van der Waals surface area contributed by atoms with Crippen molar-refractivity contribution in [3.8, 4) is 5.69 Å². The van der Waals surface area contributed by atoms with E-state index in [9.17, 15) is 4.79 Å². The highest BCUT2D eigenvalue weighted by atomic mass is 32.1. The quantitative estimate of drug-likeness (QED) is 0.558. The van der Waals surface area contributed by atoms with Crippen LogP contribution in [0, 0.1) is 0 Å². The Hall–Kier alpha value is -2.93. The number of esters is 1. The number of nitrogens with zero attached hydrogens (tertiary/aromatic N) is 4. The summed E-state index contributed by atoms with van der Waals surface area (Å²) in [6.07, 6.45) is 0.723. The molecule has 0 N–H and O–H groups in total.